The Morgan fingerprint density at radius 1 is 1.15 bits per heavy atom. The number of hydrogen-bond donors (Lipinski definition) is 1. The second kappa shape index (κ2) is 4.55. The predicted molar refractivity (Wildman–Crippen MR) is 66.7 cm³/mol. The van der Waals surface area contributed by atoms with Crippen LogP contribution in [0.15, 0.2) is 39.9 Å². The highest BCUT2D eigenvalue weighted by molar-refractivity contribution is 5.47. The van der Waals surface area contributed by atoms with Crippen LogP contribution in [0.1, 0.15) is 5.69 Å². The molecule has 1 heterocycles. The molecule has 0 atom stereocenters. The quantitative estimate of drug-likeness (QED) is 0.799. The van der Waals surface area contributed by atoms with Crippen LogP contribution in [0.2, 0.25) is 0 Å². The van der Waals surface area contributed by atoms with Crippen molar-refractivity contribution >= 4 is 5.69 Å². The lowest BCUT2D eigenvalue weighted by Crippen LogP contribution is -2.40. The molecule has 0 aliphatic heterocycles. The summed E-state index contributed by atoms with van der Waals surface area (Å²) in [6.45, 7) is 0. The first-order valence-corrected chi connectivity index (χ1v) is 5.48. The van der Waals surface area contributed by atoms with E-state index in [1.807, 2.05) is 0 Å². The standard InChI is InChI=1S/C12H10F3N3O2/c1-17-9(12(13,14)15)6-10(19)18(11(17)20)8-4-2-3-7(16)5-8/h2-6H,16H2,1H3. The molecule has 0 aliphatic rings. The highest BCUT2D eigenvalue weighted by atomic mass is 19.4. The first kappa shape index (κ1) is 13.9. The summed E-state index contributed by atoms with van der Waals surface area (Å²) >= 11 is 0. The van der Waals surface area contributed by atoms with Crippen molar-refractivity contribution in [3.8, 4) is 5.69 Å². The molecule has 0 fully saturated rings. The molecule has 2 aromatic rings. The Morgan fingerprint density at radius 2 is 1.80 bits per heavy atom. The molecule has 8 heteroatoms. The Bertz CT molecular complexity index is 775. The van der Waals surface area contributed by atoms with E-state index in [2.05, 4.69) is 0 Å². The van der Waals surface area contributed by atoms with Gasteiger partial charge in [0.2, 0.25) is 0 Å². The van der Waals surface area contributed by atoms with Crippen LogP contribution in [0.3, 0.4) is 0 Å². The molecule has 0 aliphatic carbocycles. The summed E-state index contributed by atoms with van der Waals surface area (Å²) in [6, 6.07) is 6.14. The molecular weight excluding hydrogens is 275 g/mol. The maximum atomic E-state index is 12.7. The van der Waals surface area contributed by atoms with E-state index in [4.69, 9.17) is 5.73 Å². The maximum absolute atomic E-state index is 12.7. The number of rotatable bonds is 1. The molecule has 0 saturated carbocycles. The SMILES string of the molecule is Cn1c(C(F)(F)F)cc(=O)n(-c2cccc(N)c2)c1=O. The van der Waals surface area contributed by atoms with Crippen molar-refractivity contribution in [2.45, 2.75) is 6.18 Å². The first-order valence-electron chi connectivity index (χ1n) is 5.48. The lowest BCUT2D eigenvalue weighted by molar-refractivity contribution is -0.144. The Hall–Kier alpha value is -2.51. The van der Waals surface area contributed by atoms with E-state index in [9.17, 15) is 22.8 Å². The van der Waals surface area contributed by atoms with E-state index in [0.29, 0.717) is 15.2 Å². The zero-order chi connectivity index (χ0) is 15.1. The molecule has 0 saturated heterocycles. The monoisotopic (exact) mass is 285 g/mol. The molecule has 106 valence electrons. The Balaban J connectivity index is 2.79. The molecule has 2 rings (SSSR count). The van der Waals surface area contributed by atoms with Crippen LogP contribution in [0.4, 0.5) is 18.9 Å². The normalized spacial score (nSPS) is 11.6. The summed E-state index contributed by atoms with van der Waals surface area (Å²) in [5, 5.41) is 0. The molecule has 5 nitrogen and oxygen atoms in total. The van der Waals surface area contributed by atoms with Crippen molar-refractivity contribution in [1.82, 2.24) is 9.13 Å². The van der Waals surface area contributed by atoms with Gasteiger partial charge in [-0.3, -0.25) is 9.36 Å². The van der Waals surface area contributed by atoms with Crippen molar-refractivity contribution in [3.63, 3.8) is 0 Å². The average molecular weight is 285 g/mol. The number of alkyl halides is 3. The zero-order valence-corrected chi connectivity index (χ0v) is 10.3. The summed E-state index contributed by atoms with van der Waals surface area (Å²) in [5.74, 6) is 0. The third-order valence-electron chi connectivity index (χ3n) is 2.74. The van der Waals surface area contributed by atoms with Gasteiger partial charge in [-0.2, -0.15) is 13.2 Å². The number of benzene rings is 1. The Labute approximate surface area is 110 Å². The summed E-state index contributed by atoms with van der Waals surface area (Å²) in [6.07, 6.45) is -4.78. The fourth-order valence-corrected chi connectivity index (χ4v) is 1.80. The van der Waals surface area contributed by atoms with Gasteiger partial charge < -0.3 is 5.73 Å². The lowest BCUT2D eigenvalue weighted by atomic mass is 10.2. The van der Waals surface area contributed by atoms with Crippen LogP contribution >= 0.6 is 0 Å². The van der Waals surface area contributed by atoms with Crippen LogP contribution in [0.25, 0.3) is 5.69 Å². The predicted octanol–water partition coefficient (Wildman–Crippen LogP) is 1.14. The van der Waals surface area contributed by atoms with Gasteiger partial charge in [-0.25, -0.2) is 9.36 Å². The number of nitrogens with zero attached hydrogens (tertiary/aromatic N) is 2. The van der Waals surface area contributed by atoms with Crippen LogP contribution in [0, 0.1) is 0 Å². The van der Waals surface area contributed by atoms with E-state index >= 15 is 0 Å². The van der Waals surface area contributed by atoms with Crippen molar-refractivity contribution < 1.29 is 13.2 Å². The highest BCUT2D eigenvalue weighted by Crippen LogP contribution is 2.26. The van der Waals surface area contributed by atoms with Crippen molar-refractivity contribution in [3.05, 3.63) is 56.9 Å². The van der Waals surface area contributed by atoms with Gasteiger partial charge >= 0.3 is 11.9 Å². The van der Waals surface area contributed by atoms with Crippen molar-refractivity contribution in [2.24, 2.45) is 7.05 Å². The van der Waals surface area contributed by atoms with E-state index < -0.39 is 23.1 Å². The molecule has 0 unspecified atom stereocenters. The largest absolute Gasteiger partial charge is 0.431 e. The van der Waals surface area contributed by atoms with E-state index in [0.717, 1.165) is 7.05 Å². The fraction of sp³-hybridized carbons (Fsp3) is 0.167. The smallest absolute Gasteiger partial charge is 0.399 e. The van der Waals surface area contributed by atoms with E-state index in [1.165, 1.54) is 24.3 Å². The number of nitrogen functional groups attached to an aromatic ring is 1. The highest BCUT2D eigenvalue weighted by Gasteiger charge is 2.35. The second-order valence-electron chi connectivity index (χ2n) is 4.14. The number of nitrogens with two attached hydrogens (primary N) is 1. The minimum atomic E-state index is -4.78. The van der Waals surface area contributed by atoms with Gasteiger partial charge in [-0.15, -0.1) is 0 Å². The van der Waals surface area contributed by atoms with E-state index in [1.54, 1.807) is 0 Å². The summed E-state index contributed by atoms with van der Waals surface area (Å²) in [4.78, 5) is 23.7. The number of anilines is 1. The van der Waals surface area contributed by atoms with Gasteiger partial charge in [-0.05, 0) is 18.2 Å². The molecule has 2 N–H and O–H groups in total. The molecular formula is C12H10F3N3O2. The van der Waals surface area contributed by atoms with Crippen molar-refractivity contribution in [1.29, 1.82) is 0 Å². The van der Waals surface area contributed by atoms with Gasteiger partial charge in [-0.1, -0.05) is 6.07 Å². The van der Waals surface area contributed by atoms with Crippen LogP contribution < -0.4 is 17.0 Å². The van der Waals surface area contributed by atoms with Gasteiger partial charge in [0.15, 0.2) is 0 Å². The summed E-state index contributed by atoms with van der Waals surface area (Å²) in [5.41, 5.74) is 2.48. The van der Waals surface area contributed by atoms with Gasteiger partial charge in [0.05, 0.1) is 5.69 Å². The lowest BCUT2D eigenvalue weighted by Gasteiger charge is -2.13. The number of aromatic nitrogens is 2. The molecule has 1 aromatic carbocycles. The molecule has 0 spiro atoms. The topological polar surface area (TPSA) is 70.0 Å². The molecule has 0 radical (unpaired) electrons. The van der Waals surface area contributed by atoms with Crippen LogP contribution in [-0.2, 0) is 13.2 Å². The third kappa shape index (κ3) is 2.31. The summed E-state index contributed by atoms with van der Waals surface area (Å²) < 4.78 is 39.0. The molecule has 0 amide bonds. The first-order chi connectivity index (χ1) is 9.21. The maximum Gasteiger partial charge on any atom is 0.431 e. The molecule has 1 aromatic heterocycles. The van der Waals surface area contributed by atoms with E-state index in [-0.39, 0.29) is 11.4 Å². The number of halogens is 3. The van der Waals surface area contributed by atoms with Crippen LogP contribution in [-0.4, -0.2) is 9.13 Å². The van der Waals surface area contributed by atoms with Gasteiger partial charge in [0.1, 0.15) is 5.69 Å². The van der Waals surface area contributed by atoms with Gasteiger partial charge in [0, 0.05) is 18.8 Å². The minimum Gasteiger partial charge on any atom is -0.399 e. The molecule has 20 heavy (non-hydrogen) atoms. The second-order valence-corrected chi connectivity index (χ2v) is 4.14. The average Bonchev–Trinajstić information content (AvgIpc) is 2.33. The number of hydrogen-bond acceptors (Lipinski definition) is 3. The Morgan fingerprint density at radius 3 is 2.35 bits per heavy atom. The van der Waals surface area contributed by atoms with Gasteiger partial charge in [0.25, 0.3) is 5.56 Å². The van der Waals surface area contributed by atoms with Crippen LogP contribution in [0.5, 0.6) is 0 Å². The minimum absolute atomic E-state index is 0.115. The zero-order valence-electron chi connectivity index (χ0n) is 10.3. The Kier molecular flexibility index (Phi) is 3.16. The third-order valence-corrected chi connectivity index (χ3v) is 2.74. The molecule has 0 bridgehead atoms. The summed E-state index contributed by atoms with van der Waals surface area (Å²) in [7, 11) is 0.952. The fourth-order valence-electron chi connectivity index (χ4n) is 1.80. The van der Waals surface area contributed by atoms with Crippen molar-refractivity contribution in [2.75, 3.05) is 5.73 Å².